The van der Waals surface area contributed by atoms with Gasteiger partial charge in [0.15, 0.2) is 9.84 Å². The molecule has 1 heterocycles. The van der Waals surface area contributed by atoms with Crippen molar-refractivity contribution in [2.24, 2.45) is 0 Å². The summed E-state index contributed by atoms with van der Waals surface area (Å²) in [4.78, 5) is 4.43. The SMILES string of the molecule is C.CCCCS(=O)(=O)c1cccc2cnccc12. The van der Waals surface area contributed by atoms with E-state index in [1.807, 2.05) is 13.0 Å². The van der Waals surface area contributed by atoms with Crippen LogP contribution in [-0.2, 0) is 9.84 Å². The molecule has 98 valence electrons. The van der Waals surface area contributed by atoms with Crippen LogP contribution >= 0.6 is 0 Å². The van der Waals surface area contributed by atoms with Gasteiger partial charge in [-0.3, -0.25) is 4.98 Å². The maximum Gasteiger partial charge on any atom is 0.178 e. The number of hydrogen-bond acceptors (Lipinski definition) is 3. The molecular formula is C14H19NO2S. The summed E-state index contributed by atoms with van der Waals surface area (Å²) >= 11 is 0. The third-order valence-electron chi connectivity index (χ3n) is 2.74. The molecule has 4 heteroatoms. The zero-order chi connectivity index (χ0) is 12.3. The van der Waals surface area contributed by atoms with Crippen LogP contribution in [0, 0.1) is 0 Å². The van der Waals surface area contributed by atoms with Crippen molar-refractivity contribution in [3.05, 3.63) is 36.7 Å². The maximum atomic E-state index is 12.2. The van der Waals surface area contributed by atoms with E-state index in [1.54, 1.807) is 30.6 Å². The smallest absolute Gasteiger partial charge is 0.178 e. The van der Waals surface area contributed by atoms with E-state index in [4.69, 9.17) is 0 Å². The van der Waals surface area contributed by atoms with Crippen molar-refractivity contribution in [2.45, 2.75) is 32.1 Å². The third kappa shape index (κ3) is 2.88. The van der Waals surface area contributed by atoms with Crippen LogP contribution in [0.15, 0.2) is 41.6 Å². The Bertz CT molecular complexity index is 615. The van der Waals surface area contributed by atoms with Crippen LogP contribution in [-0.4, -0.2) is 19.2 Å². The Morgan fingerprint density at radius 1 is 1.22 bits per heavy atom. The van der Waals surface area contributed by atoms with E-state index in [9.17, 15) is 8.42 Å². The highest BCUT2D eigenvalue weighted by atomic mass is 32.2. The molecule has 3 nitrogen and oxygen atoms in total. The van der Waals surface area contributed by atoms with Crippen molar-refractivity contribution in [3.8, 4) is 0 Å². The summed E-state index contributed by atoms with van der Waals surface area (Å²) in [7, 11) is -3.18. The highest BCUT2D eigenvalue weighted by molar-refractivity contribution is 7.91. The van der Waals surface area contributed by atoms with Crippen LogP contribution in [0.25, 0.3) is 10.8 Å². The van der Waals surface area contributed by atoms with Crippen LogP contribution in [0.2, 0.25) is 0 Å². The van der Waals surface area contributed by atoms with Crippen LogP contribution in [0.4, 0.5) is 0 Å². The molecule has 0 spiro atoms. The van der Waals surface area contributed by atoms with E-state index < -0.39 is 9.84 Å². The number of rotatable bonds is 4. The second-order valence-corrected chi connectivity index (χ2v) is 6.10. The van der Waals surface area contributed by atoms with Gasteiger partial charge in [-0.25, -0.2) is 8.42 Å². The van der Waals surface area contributed by atoms with Crippen molar-refractivity contribution >= 4 is 20.6 Å². The lowest BCUT2D eigenvalue weighted by molar-refractivity contribution is 0.593. The van der Waals surface area contributed by atoms with Crippen molar-refractivity contribution in [2.75, 3.05) is 5.75 Å². The summed E-state index contributed by atoms with van der Waals surface area (Å²) in [6.45, 7) is 1.99. The molecule has 0 saturated carbocycles. The van der Waals surface area contributed by atoms with Gasteiger partial charge in [0.05, 0.1) is 10.6 Å². The highest BCUT2D eigenvalue weighted by Crippen LogP contribution is 2.23. The molecule has 0 radical (unpaired) electrons. The van der Waals surface area contributed by atoms with Gasteiger partial charge in [-0.15, -0.1) is 0 Å². The van der Waals surface area contributed by atoms with Gasteiger partial charge in [-0.1, -0.05) is 32.9 Å². The van der Waals surface area contributed by atoms with Crippen LogP contribution in [0.1, 0.15) is 27.2 Å². The molecule has 0 amide bonds. The van der Waals surface area contributed by atoms with Crippen LogP contribution in [0.5, 0.6) is 0 Å². The topological polar surface area (TPSA) is 47.0 Å². The molecule has 0 aliphatic heterocycles. The number of sulfone groups is 1. The first-order valence-electron chi connectivity index (χ1n) is 5.70. The van der Waals surface area contributed by atoms with Gasteiger partial charge in [0, 0.05) is 23.2 Å². The van der Waals surface area contributed by atoms with Crippen molar-refractivity contribution in [3.63, 3.8) is 0 Å². The van der Waals surface area contributed by atoms with E-state index >= 15 is 0 Å². The fraction of sp³-hybridized carbons (Fsp3) is 0.357. The first-order chi connectivity index (χ1) is 8.15. The van der Waals surface area contributed by atoms with E-state index in [0.717, 1.165) is 17.2 Å². The summed E-state index contributed by atoms with van der Waals surface area (Å²) in [5.41, 5.74) is 0. The Hall–Kier alpha value is -1.42. The van der Waals surface area contributed by atoms with Gasteiger partial charge in [-0.2, -0.15) is 0 Å². The number of hydrogen-bond donors (Lipinski definition) is 0. The Morgan fingerprint density at radius 2 is 2.00 bits per heavy atom. The van der Waals surface area contributed by atoms with E-state index in [1.165, 1.54) is 0 Å². The summed E-state index contributed by atoms with van der Waals surface area (Å²) < 4.78 is 24.4. The number of pyridine rings is 1. The minimum atomic E-state index is -3.18. The fourth-order valence-corrected chi connectivity index (χ4v) is 3.50. The molecule has 0 N–H and O–H groups in total. The Kier molecular flexibility index (Phi) is 4.84. The number of aromatic nitrogens is 1. The fourth-order valence-electron chi connectivity index (χ4n) is 1.81. The van der Waals surface area contributed by atoms with Gasteiger partial charge in [0.2, 0.25) is 0 Å². The maximum absolute atomic E-state index is 12.2. The third-order valence-corrected chi connectivity index (χ3v) is 4.59. The van der Waals surface area contributed by atoms with Crippen molar-refractivity contribution < 1.29 is 8.42 Å². The van der Waals surface area contributed by atoms with Gasteiger partial charge < -0.3 is 0 Å². The Morgan fingerprint density at radius 3 is 2.72 bits per heavy atom. The zero-order valence-corrected chi connectivity index (χ0v) is 10.6. The van der Waals surface area contributed by atoms with Gasteiger partial charge in [0.25, 0.3) is 0 Å². The van der Waals surface area contributed by atoms with Crippen molar-refractivity contribution in [1.29, 1.82) is 0 Å². The molecule has 0 fully saturated rings. The van der Waals surface area contributed by atoms with Gasteiger partial charge >= 0.3 is 0 Å². The summed E-state index contributed by atoms with van der Waals surface area (Å²) in [6, 6.07) is 7.07. The molecule has 0 saturated heterocycles. The number of benzene rings is 1. The average molecular weight is 265 g/mol. The van der Waals surface area contributed by atoms with Gasteiger partial charge in [-0.05, 0) is 18.6 Å². The quantitative estimate of drug-likeness (QED) is 0.850. The predicted octanol–water partition coefficient (Wildman–Crippen LogP) is 3.44. The van der Waals surface area contributed by atoms with E-state index in [-0.39, 0.29) is 13.2 Å². The number of nitrogens with zero attached hydrogens (tertiary/aromatic N) is 1. The Labute approximate surface area is 109 Å². The second kappa shape index (κ2) is 5.96. The molecule has 0 aliphatic rings. The minimum absolute atomic E-state index is 0. The van der Waals surface area contributed by atoms with Crippen LogP contribution < -0.4 is 0 Å². The molecule has 2 aromatic rings. The number of unbranched alkanes of at least 4 members (excludes halogenated alkanes) is 1. The summed E-state index contributed by atoms with van der Waals surface area (Å²) in [5.74, 6) is 0.213. The molecule has 1 aromatic carbocycles. The normalized spacial score (nSPS) is 11.2. The predicted molar refractivity (Wildman–Crippen MR) is 75.4 cm³/mol. The van der Waals surface area contributed by atoms with Gasteiger partial charge in [0.1, 0.15) is 0 Å². The Balaban J connectivity index is 0.00000162. The first-order valence-corrected chi connectivity index (χ1v) is 7.36. The summed E-state index contributed by atoms with van der Waals surface area (Å²) in [6.07, 6.45) is 4.89. The minimum Gasteiger partial charge on any atom is -0.264 e. The molecule has 0 bridgehead atoms. The highest BCUT2D eigenvalue weighted by Gasteiger charge is 2.16. The molecule has 2 rings (SSSR count). The standard InChI is InChI=1S/C13H15NO2S.CH4/c1-2-3-9-17(15,16)13-6-4-5-11-10-14-8-7-12(11)13;/h4-8,10H,2-3,9H2,1H3;1H4. The largest absolute Gasteiger partial charge is 0.264 e. The average Bonchev–Trinajstić information content (AvgIpc) is 2.36. The second-order valence-electron chi connectivity index (χ2n) is 4.03. The molecule has 0 atom stereocenters. The monoisotopic (exact) mass is 265 g/mol. The molecule has 0 aliphatic carbocycles. The molecule has 0 unspecified atom stereocenters. The summed E-state index contributed by atoms with van der Waals surface area (Å²) in [5, 5.41) is 1.63. The lowest BCUT2D eigenvalue weighted by Crippen LogP contribution is -2.07. The van der Waals surface area contributed by atoms with Crippen LogP contribution in [0.3, 0.4) is 0 Å². The molecule has 18 heavy (non-hydrogen) atoms. The zero-order valence-electron chi connectivity index (χ0n) is 9.76. The first kappa shape index (κ1) is 14.6. The van der Waals surface area contributed by atoms with E-state index in [2.05, 4.69) is 4.98 Å². The number of fused-ring (bicyclic) bond motifs is 1. The van der Waals surface area contributed by atoms with Crippen molar-refractivity contribution in [1.82, 2.24) is 4.98 Å². The lowest BCUT2D eigenvalue weighted by Gasteiger charge is -2.07. The molecular weight excluding hydrogens is 246 g/mol. The van der Waals surface area contributed by atoms with E-state index in [0.29, 0.717) is 11.3 Å². The lowest BCUT2D eigenvalue weighted by atomic mass is 10.2. The molecule has 1 aromatic heterocycles.